The highest BCUT2D eigenvalue weighted by Gasteiger charge is 2.34. The van der Waals surface area contributed by atoms with Crippen molar-refractivity contribution in [3.63, 3.8) is 0 Å². The first-order chi connectivity index (χ1) is 9.13. The molecule has 114 valence electrons. The summed E-state index contributed by atoms with van der Waals surface area (Å²) in [6, 6.07) is 4.03. The van der Waals surface area contributed by atoms with Crippen molar-refractivity contribution >= 4 is 0 Å². The molecule has 1 N–H and O–H groups in total. The van der Waals surface area contributed by atoms with Gasteiger partial charge in [-0.15, -0.1) is 0 Å². The van der Waals surface area contributed by atoms with Gasteiger partial charge in [0, 0.05) is 19.2 Å². The Morgan fingerprint density at radius 1 is 1.15 bits per heavy atom. The molecule has 0 aliphatic carbocycles. The fraction of sp³-hybridized carbons (Fsp3) is 0.571. The highest BCUT2D eigenvalue weighted by Crippen LogP contribution is 2.36. The normalized spacial score (nSPS) is 12.6. The summed E-state index contributed by atoms with van der Waals surface area (Å²) in [6.45, 7) is 6.00. The molecular formula is C14H20F3NO2. The molecule has 0 spiro atoms. The number of ether oxygens (including phenoxy) is 2. The predicted octanol–water partition coefficient (Wildman–Crippen LogP) is 3.58. The number of rotatable bonds is 5. The van der Waals surface area contributed by atoms with Gasteiger partial charge < -0.3 is 14.8 Å². The average molecular weight is 291 g/mol. The maximum atomic E-state index is 13.0. The first-order valence-corrected chi connectivity index (χ1v) is 6.20. The average Bonchev–Trinajstić information content (AvgIpc) is 2.32. The molecule has 1 rings (SSSR count). The largest absolute Gasteiger partial charge is 0.467 e. The van der Waals surface area contributed by atoms with Crippen LogP contribution in [-0.2, 0) is 17.5 Å². The van der Waals surface area contributed by atoms with Crippen molar-refractivity contribution in [3.05, 3.63) is 29.3 Å². The van der Waals surface area contributed by atoms with Crippen LogP contribution in [0, 0.1) is 0 Å². The molecule has 3 nitrogen and oxygen atoms in total. The molecule has 0 radical (unpaired) electrons. The quantitative estimate of drug-likeness (QED) is 0.841. The Hall–Kier alpha value is -1.27. The van der Waals surface area contributed by atoms with Crippen LogP contribution < -0.4 is 10.1 Å². The maximum absolute atomic E-state index is 13.0. The molecule has 0 unspecified atom stereocenters. The molecule has 0 saturated carbocycles. The highest BCUT2D eigenvalue weighted by atomic mass is 19.4. The topological polar surface area (TPSA) is 30.5 Å². The lowest BCUT2D eigenvalue weighted by molar-refractivity contribution is -0.139. The molecule has 0 bridgehead atoms. The number of methoxy groups -OCH3 is 1. The maximum Gasteiger partial charge on any atom is 0.419 e. The van der Waals surface area contributed by atoms with E-state index < -0.39 is 11.7 Å². The van der Waals surface area contributed by atoms with Gasteiger partial charge in [-0.25, -0.2) is 0 Å². The Balaban J connectivity index is 2.96. The summed E-state index contributed by atoms with van der Waals surface area (Å²) in [7, 11) is 1.36. The van der Waals surface area contributed by atoms with E-state index in [0.717, 1.165) is 6.07 Å². The summed E-state index contributed by atoms with van der Waals surface area (Å²) in [5.74, 6) is -0.223. The molecule has 0 heterocycles. The summed E-state index contributed by atoms with van der Waals surface area (Å²) in [5, 5.41) is 3.15. The van der Waals surface area contributed by atoms with Crippen molar-refractivity contribution in [2.24, 2.45) is 0 Å². The number of hydrogen-bond donors (Lipinski definition) is 1. The van der Waals surface area contributed by atoms with E-state index in [1.54, 1.807) is 6.07 Å². The molecule has 6 heteroatoms. The summed E-state index contributed by atoms with van der Waals surface area (Å²) in [5.41, 5.74) is -0.399. The molecule has 0 fully saturated rings. The first-order valence-electron chi connectivity index (χ1n) is 6.20. The summed E-state index contributed by atoms with van der Waals surface area (Å²) >= 11 is 0. The highest BCUT2D eigenvalue weighted by molar-refractivity contribution is 5.39. The third kappa shape index (κ3) is 5.38. The van der Waals surface area contributed by atoms with Crippen LogP contribution in [0.2, 0.25) is 0 Å². The molecule has 0 atom stereocenters. The van der Waals surface area contributed by atoms with Crippen molar-refractivity contribution in [1.82, 2.24) is 5.32 Å². The second-order valence-corrected chi connectivity index (χ2v) is 5.48. The molecular weight excluding hydrogens is 271 g/mol. The van der Waals surface area contributed by atoms with E-state index in [4.69, 9.17) is 4.74 Å². The van der Waals surface area contributed by atoms with E-state index in [2.05, 4.69) is 10.1 Å². The fourth-order valence-electron chi connectivity index (χ4n) is 1.52. The number of halogens is 3. The van der Waals surface area contributed by atoms with Crippen LogP contribution in [0.1, 0.15) is 31.9 Å². The van der Waals surface area contributed by atoms with E-state index in [0.29, 0.717) is 12.1 Å². The third-order valence-electron chi connectivity index (χ3n) is 2.50. The Morgan fingerprint density at radius 2 is 1.80 bits per heavy atom. The minimum atomic E-state index is -4.46. The first kappa shape index (κ1) is 16.8. The number of benzene rings is 1. The van der Waals surface area contributed by atoms with E-state index in [1.165, 1.54) is 13.2 Å². The van der Waals surface area contributed by atoms with Crippen molar-refractivity contribution in [3.8, 4) is 5.75 Å². The van der Waals surface area contributed by atoms with Gasteiger partial charge in [0.2, 0.25) is 0 Å². The van der Waals surface area contributed by atoms with E-state index in [1.807, 2.05) is 20.8 Å². The lowest BCUT2D eigenvalue weighted by atomic mass is 10.1. The van der Waals surface area contributed by atoms with Gasteiger partial charge in [-0.05, 0) is 38.5 Å². The van der Waals surface area contributed by atoms with Crippen LogP contribution in [0.5, 0.6) is 5.75 Å². The standard InChI is InChI=1S/C14H20F3NO2/c1-13(2,3)18-8-10-5-6-12(20-9-19-4)11(7-10)14(15,16)17/h5-7,18H,8-9H2,1-4H3. The Labute approximate surface area is 117 Å². The zero-order chi connectivity index (χ0) is 15.4. The van der Waals surface area contributed by atoms with Gasteiger partial charge in [0.05, 0.1) is 5.56 Å². The Morgan fingerprint density at radius 3 is 2.30 bits per heavy atom. The van der Waals surface area contributed by atoms with Gasteiger partial charge in [0.15, 0.2) is 6.79 Å². The molecule has 20 heavy (non-hydrogen) atoms. The lowest BCUT2D eigenvalue weighted by Crippen LogP contribution is -2.35. The molecule has 0 aliphatic rings. The van der Waals surface area contributed by atoms with Crippen LogP contribution in [0.3, 0.4) is 0 Å². The van der Waals surface area contributed by atoms with Crippen molar-refractivity contribution in [2.75, 3.05) is 13.9 Å². The van der Waals surface area contributed by atoms with Gasteiger partial charge in [-0.3, -0.25) is 0 Å². The zero-order valence-electron chi connectivity index (χ0n) is 12.1. The van der Waals surface area contributed by atoms with Crippen LogP contribution in [0.25, 0.3) is 0 Å². The zero-order valence-corrected chi connectivity index (χ0v) is 12.1. The molecule has 1 aromatic carbocycles. The molecule has 0 saturated heterocycles. The van der Waals surface area contributed by atoms with Gasteiger partial charge in [-0.1, -0.05) is 6.07 Å². The van der Waals surface area contributed by atoms with Crippen molar-refractivity contribution < 1.29 is 22.6 Å². The number of alkyl halides is 3. The summed E-state index contributed by atoms with van der Waals surface area (Å²) in [4.78, 5) is 0. The number of nitrogens with one attached hydrogen (secondary N) is 1. The van der Waals surface area contributed by atoms with E-state index in [9.17, 15) is 13.2 Å². The van der Waals surface area contributed by atoms with Gasteiger partial charge >= 0.3 is 6.18 Å². The van der Waals surface area contributed by atoms with Crippen LogP contribution in [0.15, 0.2) is 18.2 Å². The van der Waals surface area contributed by atoms with E-state index in [-0.39, 0.29) is 18.1 Å². The van der Waals surface area contributed by atoms with Crippen LogP contribution >= 0.6 is 0 Å². The minimum absolute atomic E-state index is 0.163. The third-order valence-corrected chi connectivity index (χ3v) is 2.50. The smallest absolute Gasteiger partial charge is 0.419 e. The lowest BCUT2D eigenvalue weighted by Gasteiger charge is -2.21. The second kappa shape index (κ2) is 6.45. The van der Waals surface area contributed by atoms with Crippen molar-refractivity contribution in [2.45, 2.75) is 39.0 Å². The van der Waals surface area contributed by atoms with Crippen LogP contribution in [-0.4, -0.2) is 19.4 Å². The van der Waals surface area contributed by atoms with Gasteiger partial charge in [-0.2, -0.15) is 13.2 Å². The fourth-order valence-corrected chi connectivity index (χ4v) is 1.52. The summed E-state index contributed by atoms with van der Waals surface area (Å²) in [6.07, 6.45) is -4.46. The minimum Gasteiger partial charge on any atom is -0.467 e. The van der Waals surface area contributed by atoms with Crippen molar-refractivity contribution in [1.29, 1.82) is 0 Å². The Bertz CT molecular complexity index is 439. The van der Waals surface area contributed by atoms with Crippen LogP contribution in [0.4, 0.5) is 13.2 Å². The molecule has 0 aliphatic heterocycles. The second-order valence-electron chi connectivity index (χ2n) is 5.48. The Kier molecular flexibility index (Phi) is 5.42. The SMILES string of the molecule is COCOc1ccc(CNC(C)(C)C)cc1C(F)(F)F. The molecule has 1 aromatic rings. The molecule has 0 amide bonds. The summed E-state index contributed by atoms with van der Waals surface area (Å²) < 4.78 is 48.6. The monoisotopic (exact) mass is 291 g/mol. The van der Waals surface area contributed by atoms with Gasteiger partial charge in [0.1, 0.15) is 5.75 Å². The molecule has 0 aromatic heterocycles. The predicted molar refractivity (Wildman–Crippen MR) is 70.5 cm³/mol. The van der Waals surface area contributed by atoms with Gasteiger partial charge in [0.25, 0.3) is 0 Å². The number of hydrogen-bond acceptors (Lipinski definition) is 3. The van der Waals surface area contributed by atoms with E-state index >= 15 is 0 Å².